The van der Waals surface area contributed by atoms with Crippen LogP contribution in [0.5, 0.6) is 0 Å². The van der Waals surface area contributed by atoms with E-state index in [1.807, 2.05) is 36.4 Å². The van der Waals surface area contributed by atoms with Crippen LogP contribution in [-0.2, 0) is 9.31 Å². The van der Waals surface area contributed by atoms with Gasteiger partial charge in [-0.15, -0.1) is 0 Å². The van der Waals surface area contributed by atoms with Gasteiger partial charge in [-0.3, -0.25) is 4.57 Å². The maximum Gasteiger partial charge on any atom is 0.494 e. The van der Waals surface area contributed by atoms with Gasteiger partial charge in [-0.2, -0.15) is 0 Å². The highest BCUT2D eigenvalue weighted by Crippen LogP contribution is 2.39. The zero-order valence-electron chi connectivity index (χ0n) is 26.4. The van der Waals surface area contributed by atoms with Gasteiger partial charge in [0.1, 0.15) is 0 Å². The molecule has 0 amide bonds. The molecule has 1 aliphatic rings. The zero-order valence-corrected chi connectivity index (χ0v) is 26.4. The van der Waals surface area contributed by atoms with E-state index in [1.54, 1.807) is 0 Å². The summed E-state index contributed by atoms with van der Waals surface area (Å²) in [7, 11) is -0.399. The lowest BCUT2D eigenvalue weighted by Crippen LogP contribution is -2.41. The molecule has 7 aromatic rings. The Kier molecular flexibility index (Phi) is 6.68. The van der Waals surface area contributed by atoms with Crippen molar-refractivity contribution < 1.29 is 9.31 Å². The maximum absolute atomic E-state index is 6.32. The summed E-state index contributed by atoms with van der Waals surface area (Å²) in [5, 5.41) is 2.31. The van der Waals surface area contributed by atoms with Gasteiger partial charge >= 0.3 is 7.12 Å². The molecule has 0 aliphatic carbocycles. The topological polar surface area (TPSA) is 49.2 Å². The standard InChI is InChI=1S/C40H34BN3O2/c1-39(2)40(3,4)46-41(45-39)30-24-22-27(23-25-30)31-19-13-21-36-37(31)32-18-11-12-20-35(32)44(36)38-42-33(28-14-7-5-8-15-28)26-34(43-38)29-16-9-6-10-17-29/h5-26H,1-4H3. The van der Waals surface area contributed by atoms with E-state index in [2.05, 4.69) is 129 Å². The van der Waals surface area contributed by atoms with Crippen LogP contribution in [0.15, 0.2) is 133 Å². The summed E-state index contributed by atoms with van der Waals surface area (Å²) in [6, 6.07) is 46.3. The number of benzene rings is 5. The van der Waals surface area contributed by atoms with Gasteiger partial charge in [-0.1, -0.05) is 115 Å². The van der Waals surface area contributed by atoms with E-state index in [-0.39, 0.29) is 11.2 Å². The van der Waals surface area contributed by atoms with Crippen LogP contribution in [0, 0.1) is 0 Å². The minimum Gasteiger partial charge on any atom is -0.399 e. The van der Waals surface area contributed by atoms with Crippen molar-refractivity contribution in [3.63, 3.8) is 0 Å². The van der Waals surface area contributed by atoms with E-state index in [9.17, 15) is 0 Å². The van der Waals surface area contributed by atoms with Crippen LogP contribution < -0.4 is 5.46 Å². The molecule has 0 radical (unpaired) electrons. The Morgan fingerprint density at radius 3 is 1.70 bits per heavy atom. The quantitative estimate of drug-likeness (QED) is 0.186. The lowest BCUT2D eigenvalue weighted by atomic mass is 9.78. The van der Waals surface area contributed by atoms with Crippen LogP contribution in [0.2, 0.25) is 0 Å². The summed E-state index contributed by atoms with van der Waals surface area (Å²) in [5.74, 6) is 0.639. The van der Waals surface area contributed by atoms with E-state index in [1.165, 1.54) is 0 Å². The monoisotopic (exact) mass is 599 g/mol. The normalized spacial score (nSPS) is 15.5. The number of para-hydroxylation sites is 1. The molecule has 0 spiro atoms. The molecule has 0 atom stereocenters. The van der Waals surface area contributed by atoms with E-state index in [4.69, 9.17) is 19.3 Å². The van der Waals surface area contributed by atoms with Crippen molar-refractivity contribution in [2.24, 2.45) is 0 Å². The Morgan fingerprint density at radius 2 is 1.09 bits per heavy atom. The molecule has 1 saturated heterocycles. The van der Waals surface area contributed by atoms with Crippen molar-refractivity contribution in [3.05, 3.63) is 133 Å². The molecule has 46 heavy (non-hydrogen) atoms. The Hall–Kier alpha value is -5.04. The molecule has 0 N–H and O–H groups in total. The van der Waals surface area contributed by atoms with Crippen LogP contribution >= 0.6 is 0 Å². The minimum atomic E-state index is -0.399. The van der Waals surface area contributed by atoms with Gasteiger partial charge in [0, 0.05) is 21.9 Å². The van der Waals surface area contributed by atoms with Crippen LogP contribution in [-0.4, -0.2) is 32.9 Å². The second-order valence-corrected chi connectivity index (χ2v) is 12.9. The van der Waals surface area contributed by atoms with Gasteiger partial charge in [-0.05, 0) is 62.5 Å². The summed E-state index contributed by atoms with van der Waals surface area (Å²) in [6.45, 7) is 8.33. The first-order chi connectivity index (χ1) is 22.3. The molecule has 0 saturated carbocycles. The van der Waals surface area contributed by atoms with Crippen molar-refractivity contribution in [1.82, 2.24) is 14.5 Å². The van der Waals surface area contributed by atoms with Gasteiger partial charge in [0.25, 0.3) is 0 Å². The molecule has 2 aromatic heterocycles. The molecule has 5 aromatic carbocycles. The van der Waals surface area contributed by atoms with Gasteiger partial charge < -0.3 is 9.31 Å². The molecule has 0 unspecified atom stereocenters. The summed E-state index contributed by atoms with van der Waals surface area (Å²) in [5.41, 5.74) is 8.48. The highest BCUT2D eigenvalue weighted by molar-refractivity contribution is 6.62. The Labute approximate surface area is 269 Å². The molecule has 3 heterocycles. The average Bonchev–Trinajstić information content (AvgIpc) is 3.54. The van der Waals surface area contributed by atoms with Crippen LogP contribution in [0.1, 0.15) is 27.7 Å². The Morgan fingerprint density at radius 1 is 0.543 bits per heavy atom. The maximum atomic E-state index is 6.32. The highest BCUT2D eigenvalue weighted by atomic mass is 16.7. The van der Waals surface area contributed by atoms with Crippen LogP contribution in [0.3, 0.4) is 0 Å². The van der Waals surface area contributed by atoms with E-state index in [0.29, 0.717) is 5.95 Å². The van der Waals surface area contributed by atoms with Gasteiger partial charge in [0.2, 0.25) is 5.95 Å². The van der Waals surface area contributed by atoms with Crippen molar-refractivity contribution in [3.8, 4) is 39.6 Å². The van der Waals surface area contributed by atoms with Crippen molar-refractivity contribution in [2.75, 3.05) is 0 Å². The fraction of sp³-hybridized carbons (Fsp3) is 0.150. The molecule has 1 aliphatic heterocycles. The smallest absolute Gasteiger partial charge is 0.399 e. The lowest BCUT2D eigenvalue weighted by molar-refractivity contribution is 0.00578. The van der Waals surface area contributed by atoms with E-state index in [0.717, 1.165) is 60.9 Å². The minimum absolute atomic E-state index is 0.385. The molecule has 1 fully saturated rings. The largest absolute Gasteiger partial charge is 0.494 e. The molecule has 8 rings (SSSR count). The van der Waals surface area contributed by atoms with E-state index >= 15 is 0 Å². The molecule has 5 nitrogen and oxygen atoms in total. The molecule has 224 valence electrons. The highest BCUT2D eigenvalue weighted by Gasteiger charge is 2.51. The zero-order chi connectivity index (χ0) is 31.5. The fourth-order valence-electron chi connectivity index (χ4n) is 6.32. The fourth-order valence-corrected chi connectivity index (χ4v) is 6.32. The van der Waals surface area contributed by atoms with Crippen molar-refractivity contribution in [1.29, 1.82) is 0 Å². The predicted octanol–water partition coefficient (Wildman–Crippen LogP) is 8.87. The van der Waals surface area contributed by atoms with Crippen molar-refractivity contribution >= 4 is 34.4 Å². The Bertz CT molecular complexity index is 2130. The lowest BCUT2D eigenvalue weighted by Gasteiger charge is -2.32. The van der Waals surface area contributed by atoms with Gasteiger partial charge in [0.15, 0.2) is 0 Å². The van der Waals surface area contributed by atoms with Crippen LogP contribution in [0.25, 0.3) is 61.4 Å². The number of rotatable bonds is 5. The molecule has 0 bridgehead atoms. The number of hydrogen-bond donors (Lipinski definition) is 0. The number of aromatic nitrogens is 3. The first kappa shape index (κ1) is 28.4. The first-order valence-corrected chi connectivity index (χ1v) is 15.8. The van der Waals surface area contributed by atoms with Gasteiger partial charge in [-0.25, -0.2) is 9.97 Å². The third-order valence-corrected chi connectivity index (χ3v) is 9.50. The van der Waals surface area contributed by atoms with Crippen molar-refractivity contribution in [2.45, 2.75) is 38.9 Å². The van der Waals surface area contributed by atoms with Crippen LogP contribution in [0.4, 0.5) is 0 Å². The number of fused-ring (bicyclic) bond motifs is 3. The number of hydrogen-bond acceptors (Lipinski definition) is 4. The third-order valence-electron chi connectivity index (χ3n) is 9.50. The summed E-state index contributed by atoms with van der Waals surface area (Å²) < 4.78 is 14.8. The summed E-state index contributed by atoms with van der Waals surface area (Å²) in [6.07, 6.45) is 0. The molecular formula is C40H34BN3O2. The Balaban J connectivity index is 1.30. The summed E-state index contributed by atoms with van der Waals surface area (Å²) in [4.78, 5) is 10.4. The van der Waals surface area contributed by atoms with Gasteiger partial charge in [0.05, 0.1) is 33.6 Å². The predicted molar refractivity (Wildman–Crippen MR) is 188 cm³/mol. The molecule has 6 heteroatoms. The average molecular weight is 600 g/mol. The first-order valence-electron chi connectivity index (χ1n) is 15.8. The molecular weight excluding hydrogens is 565 g/mol. The SMILES string of the molecule is CC1(C)OB(c2ccc(-c3cccc4c3c3ccccc3n4-c3nc(-c4ccccc4)cc(-c4ccccc4)n3)cc2)OC1(C)C. The number of nitrogens with zero attached hydrogens (tertiary/aromatic N) is 3. The third kappa shape index (κ3) is 4.73. The second-order valence-electron chi connectivity index (χ2n) is 12.9. The van der Waals surface area contributed by atoms with E-state index < -0.39 is 7.12 Å². The summed E-state index contributed by atoms with van der Waals surface area (Å²) >= 11 is 0. The second kappa shape index (κ2) is 10.8.